The van der Waals surface area contributed by atoms with E-state index in [4.69, 9.17) is 0 Å². The van der Waals surface area contributed by atoms with Crippen molar-refractivity contribution in [1.82, 2.24) is 9.55 Å². The molecule has 3 heteroatoms. The Balaban J connectivity index is 2.47. The number of carbonyl (C=O) groups is 1. The van der Waals surface area contributed by atoms with E-state index in [0.717, 1.165) is 31.4 Å². The lowest BCUT2D eigenvalue weighted by molar-refractivity contribution is 0.0857. The minimum atomic E-state index is -0.474. The van der Waals surface area contributed by atoms with Crippen molar-refractivity contribution >= 4 is 5.78 Å². The molecule has 0 amide bonds. The Kier molecular flexibility index (Phi) is 4.94. The van der Waals surface area contributed by atoms with Crippen LogP contribution in [0.2, 0.25) is 0 Å². The smallest absolute Gasteiger partial charge is 0.208 e. The molecule has 0 aliphatic heterocycles. The van der Waals surface area contributed by atoms with Crippen molar-refractivity contribution < 1.29 is 4.79 Å². The molecule has 0 spiro atoms. The summed E-state index contributed by atoms with van der Waals surface area (Å²) in [6.07, 6.45) is 6.19. The third-order valence-corrected chi connectivity index (χ3v) is 4.35. The second-order valence-electron chi connectivity index (χ2n) is 5.43. The van der Waals surface area contributed by atoms with Crippen molar-refractivity contribution in [3.63, 3.8) is 0 Å². The molecule has 1 aromatic carbocycles. The molecular formula is C18H24N2O. The van der Waals surface area contributed by atoms with Crippen LogP contribution in [-0.4, -0.2) is 15.3 Å². The van der Waals surface area contributed by atoms with Crippen LogP contribution in [0.15, 0.2) is 42.7 Å². The Labute approximate surface area is 127 Å². The molecule has 1 aromatic heterocycles. The van der Waals surface area contributed by atoms with Crippen LogP contribution in [0.3, 0.4) is 0 Å². The van der Waals surface area contributed by atoms with Gasteiger partial charge in [0.05, 0.1) is 5.41 Å². The van der Waals surface area contributed by atoms with Crippen molar-refractivity contribution in [3.8, 4) is 0 Å². The predicted octanol–water partition coefficient (Wildman–Crippen LogP) is 4.23. The van der Waals surface area contributed by atoms with Crippen LogP contribution < -0.4 is 0 Å². The zero-order valence-corrected chi connectivity index (χ0v) is 13.2. The summed E-state index contributed by atoms with van der Waals surface area (Å²) >= 11 is 0. The van der Waals surface area contributed by atoms with Crippen LogP contribution in [0.25, 0.3) is 0 Å². The van der Waals surface area contributed by atoms with Gasteiger partial charge in [-0.3, -0.25) is 4.79 Å². The van der Waals surface area contributed by atoms with E-state index >= 15 is 0 Å². The number of aromatic nitrogens is 2. The highest BCUT2D eigenvalue weighted by Crippen LogP contribution is 2.34. The van der Waals surface area contributed by atoms with E-state index in [2.05, 4.69) is 37.9 Å². The minimum absolute atomic E-state index is 0.136. The lowest BCUT2D eigenvalue weighted by Gasteiger charge is -2.30. The Hall–Kier alpha value is -1.90. The second kappa shape index (κ2) is 6.70. The molecule has 0 saturated heterocycles. The summed E-state index contributed by atoms with van der Waals surface area (Å²) < 4.78 is 1.98. The van der Waals surface area contributed by atoms with E-state index in [1.54, 1.807) is 6.20 Å². The van der Waals surface area contributed by atoms with Gasteiger partial charge in [0.1, 0.15) is 0 Å². The number of hydrogen-bond donors (Lipinski definition) is 0. The van der Waals surface area contributed by atoms with Crippen LogP contribution >= 0.6 is 0 Å². The third-order valence-electron chi connectivity index (χ3n) is 4.35. The maximum Gasteiger partial charge on any atom is 0.208 e. The Morgan fingerprint density at radius 1 is 1.14 bits per heavy atom. The fraction of sp³-hybridized carbons (Fsp3) is 0.444. The highest BCUT2D eigenvalue weighted by atomic mass is 16.1. The van der Waals surface area contributed by atoms with Gasteiger partial charge in [0.2, 0.25) is 5.78 Å². The first kappa shape index (κ1) is 15.5. The summed E-state index contributed by atoms with van der Waals surface area (Å²) in [6.45, 7) is 7.11. The number of aryl methyl sites for hydroxylation is 1. The van der Waals surface area contributed by atoms with Gasteiger partial charge in [-0.1, -0.05) is 51.1 Å². The first-order chi connectivity index (χ1) is 10.2. The molecule has 0 N–H and O–H groups in total. The fourth-order valence-electron chi connectivity index (χ4n) is 3.02. The quantitative estimate of drug-likeness (QED) is 0.713. The molecule has 2 rings (SSSR count). The van der Waals surface area contributed by atoms with Crippen molar-refractivity contribution in [2.24, 2.45) is 0 Å². The largest absolute Gasteiger partial charge is 0.329 e. The molecule has 1 heterocycles. The van der Waals surface area contributed by atoms with Crippen molar-refractivity contribution in [1.29, 1.82) is 0 Å². The SMILES string of the molecule is CCCn1ccnc1C(=O)C(CC)(CC)c1ccccc1. The molecule has 2 aromatic rings. The number of benzene rings is 1. The zero-order chi connectivity index (χ0) is 15.3. The first-order valence-corrected chi connectivity index (χ1v) is 7.81. The van der Waals surface area contributed by atoms with Crippen LogP contribution in [0, 0.1) is 0 Å². The van der Waals surface area contributed by atoms with Gasteiger partial charge in [-0.05, 0) is 24.8 Å². The average molecular weight is 284 g/mol. The van der Waals surface area contributed by atoms with E-state index in [9.17, 15) is 4.79 Å². The molecule has 0 radical (unpaired) electrons. The van der Waals surface area contributed by atoms with Crippen molar-refractivity contribution in [2.45, 2.75) is 52.0 Å². The molecule has 0 bridgehead atoms. The molecule has 0 aliphatic rings. The molecule has 21 heavy (non-hydrogen) atoms. The molecule has 0 saturated carbocycles. The highest BCUT2D eigenvalue weighted by molar-refractivity contribution is 6.01. The van der Waals surface area contributed by atoms with E-state index in [1.807, 2.05) is 29.0 Å². The number of nitrogens with zero attached hydrogens (tertiary/aromatic N) is 2. The number of imidazole rings is 1. The third kappa shape index (κ3) is 2.78. The van der Waals surface area contributed by atoms with Gasteiger partial charge in [-0.15, -0.1) is 0 Å². The van der Waals surface area contributed by atoms with Gasteiger partial charge >= 0.3 is 0 Å². The van der Waals surface area contributed by atoms with E-state index in [-0.39, 0.29) is 5.78 Å². The van der Waals surface area contributed by atoms with Gasteiger partial charge < -0.3 is 4.57 Å². The van der Waals surface area contributed by atoms with E-state index < -0.39 is 5.41 Å². The number of Topliss-reactive ketones (excluding diaryl/α,β-unsaturated/α-hetero) is 1. The predicted molar refractivity (Wildman–Crippen MR) is 85.6 cm³/mol. The average Bonchev–Trinajstić information content (AvgIpc) is 2.98. The maximum atomic E-state index is 13.2. The maximum absolute atomic E-state index is 13.2. The molecule has 0 atom stereocenters. The van der Waals surface area contributed by atoms with Crippen LogP contribution in [0.5, 0.6) is 0 Å². The van der Waals surface area contributed by atoms with Gasteiger partial charge in [-0.2, -0.15) is 0 Å². The molecule has 3 nitrogen and oxygen atoms in total. The molecule has 0 aliphatic carbocycles. The van der Waals surface area contributed by atoms with E-state index in [0.29, 0.717) is 5.82 Å². The van der Waals surface area contributed by atoms with Crippen LogP contribution in [0.4, 0.5) is 0 Å². The molecule has 0 fully saturated rings. The monoisotopic (exact) mass is 284 g/mol. The lowest BCUT2D eigenvalue weighted by Crippen LogP contribution is -2.36. The van der Waals surface area contributed by atoms with Gasteiger partial charge in [0.15, 0.2) is 5.82 Å². The topological polar surface area (TPSA) is 34.9 Å². The van der Waals surface area contributed by atoms with E-state index in [1.165, 1.54) is 0 Å². The standard InChI is InChI=1S/C18H24N2O/c1-4-13-20-14-12-19-17(20)16(21)18(5-2,6-3)15-10-8-7-9-11-15/h7-12,14H,4-6,13H2,1-3H3. The molecular weight excluding hydrogens is 260 g/mol. The van der Waals surface area contributed by atoms with Crippen LogP contribution in [0.1, 0.15) is 56.2 Å². The summed E-state index contributed by atoms with van der Waals surface area (Å²) in [7, 11) is 0. The summed E-state index contributed by atoms with van der Waals surface area (Å²) in [5.41, 5.74) is 0.615. The Morgan fingerprint density at radius 3 is 2.38 bits per heavy atom. The van der Waals surface area contributed by atoms with Gasteiger partial charge in [-0.25, -0.2) is 4.98 Å². The van der Waals surface area contributed by atoms with Gasteiger partial charge in [0.25, 0.3) is 0 Å². The summed E-state index contributed by atoms with van der Waals surface area (Å²) in [5, 5.41) is 0. The molecule has 0 unspecified atom stereocenters. The van der Waals surface area contributed by atoms with Gasteiger partial charge in [0, 0.05) is 18.9 Å². The molecule has 112 valence electrons. The number of rotatable bonds is 7. The summed E-state index contributed by atoms with van der Waals surface area (Å²) in [5.74, 6) is 0.724. The lowest BCUT2D eigenvalue weighted by atomic mass is 9.72. The second-order valence-corrected chi connectivity index (χ2v) is 5.43. The Morgan fingerprint density at radius 2 is 1.81 bits per heavy atom. The zero-order valence-electron chi connectivity index (χ0n) is 13.2. The normalized spacial score (nSPS) is 11.6. The van der Waals surface area contributed by atoms with Crippen molar-refractivity contribution in [3.05, 3.63) is 54.1 Å². The fourth-order valence-corrected chi connectivity index (χ4v) is 3.02. The highest BCUT2D eigenvalue weighted by Gasteiger charge is 2.39. The summed E-state index contributed by atoms with van der Waals surface area (Å²) in [6, 6.07) is 10.1. The number of hydrogen-bond acceptors (Lipinski definition) is 2. The Bertz CT molecular complexity index is 582. The van der Waals surface area contributed by atoms with Crippen LogP contribution in [-0.2, 0) is 12.0 Å². The summed E-state index contributed by atoms with van der Waals surface area (Å²) in [4.78, 5) is 17.5. The minimum Gasteiger partial charge on any atom is -0.329 e. The number of ketones is 1. The first-order valence-electron chi connectivity index (χ1n) is 7.81. The van der Waals surface area contributed by atoms with Crippen molar-refractivity contribution in [2.75, 3.05) is 0 Å². The number of carbonyl (C=O) groups excluding carboxylic acids is 1.